The van der Waals surface area contributed by atoms with E-state index < -0.39 is 5.82 Å². The molecular formula is C29H25ClFN5O3. The third kappa shape index (κ3) is 5.64. The number of likely N-dealkylation sites (tertiary alicyclic amines) is 1. The summed E-state index contributed by atoms with van der Waals surface area (Å²) in [7, 11) is 0. The molecule has 8 nitrogen and oxygen atoms in total. The van der Waals surface area contributed by atoms with Crippen molar-refractivity contribution in [1.82, 2.24) is 14.9 Å². The maximum absolute atomic E-state index is 13.7. The zero-order chi connectivity index (χ0) is 26.8. The van der Waals surface area contributed by atoms with Crippen LogP contribution in [0.3, 0.4) is 0 Å². The fourth-order valence-corrected chi connectivity index (χ4v) is 4.84. The molecule has 39 heavy (non-hydrogen) atoms. The van der Waals surface area contributed by atoms with Gasteiger partial charge in [0.15, 0.2) is 17.1 Å². The van der Waals surface area contributed by atoms with Crippen LogP contribution in [0.15, 0.2) is 71.4 Å². The van der Waals surface area contributed by atoms with Crippen LogP contribution in [-0.4, -0.2) is 40.4 Å². The highest BCUT2D eigenvalue weighted by Gasteiger charge is 2.17. The van der Waals surface area contributed by atoms with Gasteiger partial charge in [-0.1, -0.05) is 24.1 Å². The van der Waals surface area contributed by atoms with E-state index in [1.807, 2.05) is 18.2 Å². The minimum atomic E-state index is -0.514. The molecule has 2 N–H and O–H groups in total. The number of fused-ring (bicyclic) bond motifs is 3. The van der Waals surface area contributed by atoms with E-state index in [-0.39, 0.29) is 10.9 Å². The lowest BCUT2D eigenvalue weighted by atomic mass is 10.1. The average Bonchev–Trinajstić information content (AvgIpc) is 3.56. The van der Waals surface area contributed by atoms with Gasteiger partial charge in [0.25, 0.3) is 0 Å². The van der Waals surface area contributed by atoms with Gasteiger partial charge in [-0.3, -0.25) is 9.69 Å². The number of nitrogens with zero attached hydrogens (tertiary/aromatic N) is 3. The summed E-state index contributed by atoms with van der Waals surface area (Å²) >= 11 is 5.96. The number of aromatic nitrogens is 2. The number of carbonyl (C=O) groups excluding carboxylic acids is 1. The molecule has 1 fully saturated rings. The first kappa shape index (κ1) is 25.1. The fraction of sp³-hybridized carbons (Fsp3) is 0.207. The molecule has 6 rings (SSSR count). The molecule has 0 radical (unpaired) electrons. The van der Waals surface area contributed by atoms with E-state index in [1.54, 1.807) is 24.3 Å². The highest BCUT2D eigenvalue weighted by Crippen LogP contribution is 2.39. The highest BCUT2D eigenvalue weighted by molar-refractivity contribution is 6.31. The molecule has 0 unspecified atom stereocenters. The number of hydrogen-bond donors (Lipinski definition) is 2. The van der Waals surface area contributed by atoms with E-state index >= 15 is 0 Å². The van der Waals surface area contributed by atoms with E-state index in [0.29, 0.717) is 50.8 Å². The number of furan rings is 2. The summed E-state index contributed by atoms with van der Waals surface area (Å²) < 4.78 is 25.4. The number of anilines is 3. The van der Waals surface area contributed by atoms with E-state index in [4.69, 9.17) is 20.8 Å². The molecule has 1 saturated heterocycles. The van der Waals surface area contributed by atoms with E-state index in [0.717, 1.165) is 19.6 Å². The van der Waals surface area contributed by atoms with Gasteiger partial charge >= 0.3 is 0 Å². The Morgan fingerprint density at radius 2 is 1.95 bits per heavy atom. The molecule has 10 heteroatoms. The maximum Gasteiger partial charge on any atom is 0.248 e. The van der Waals surface area contributed by atoms with Crippen molar-refractivity contribution in [2.45, 2.75) is 19.3 Å². The van der Waals surface area contributed by atoms with Crippen LogP contribution in [0, 0.1) is 5.82 Å². The predicted octanol–water partition coefficient (Wildman–Crippen LogP) is 7.12. The van der Waals surface area contributed by atoms with Gasteiger partial charge in [-0.2, -0.15) is 0 Å². The van der Waals surface area contributed by atoms with Gasteiger partial charge in [-0.05, 0) is 62.3 Å². The van der Waals surface area contributed by atoms with Crippen LogP contribution < -0.4 is 15.4 Å². The van der Waals surface area contributed by atoms with Crippen molar-refractivity contribution in [2.75, 3.05) is 30.3 Å². The number of hydrogen-bond acceptors (Lipinski definition) is 7. The van der Waals surface area contributed by atoms with Crippen molar-refractivity contribution in [3.63, 3.8) is 0 Å². The lowest BCUT2D eigenvalue weighted by molar-refractivity contribution is -0.111. The predicted molar refractivity (Wildman–Crippen MR) is 150 cm³/mol. The number of nitrogens with one attached hydrogen (secondary N) is 2. The minimum Gasteiger partial charge on any atom is -0.453 e. The smallest absolute Gasteiger partial charge is 0.248 e. The second-order valence-electron chi connectivity index (χ2n) is 9.41. The lowest BCUT2D eigenvalue weighted by Crippen LogP contribution is -2.29. The first-order valence-electron chi connectivity index (χ1n) is 12.7. The molecule has 4 heterocycles. The Morgan fingerprint density at radius 3 is 2.72 bits per heavy atom. The average molecular weight is 546 g/mol. The Kier molecular flexibility index (Phi) is 7.00. The molecular weight excluding hydrogens is 521 g/mol. The second kappa shape index (κ2) is 10.9. The lowest BCUT2D eigenvalue weighted by Gasteiger charge is -2.24. The van der Waals surface area contributed by atoms with Gasteiger partial charge < -0.3 is 19.8 Å². The molecule has 1 amide bonds. The number of rotatable bonds is 8. The van der Waals surface area contributed by atoms with Gasteiger partial charge in [-0.15, -0.1) is 0 Å². The van der Waals surface area contributed by atoms with Gasteiger partial charge in [0.1, 0.15) is 23.5 Å². The Morgan fingerprint density at radius 1 is 1.08 bits per heavy atom. The number of carbonyl (C=O) groups is 1. The van der Waals surface area contributed by atoms with Crippen LogP contribution in [-0.2, 0) is 4.79 Å². The largest absolute Gasteiger partial charge is 0.453 e. The van der Waals surface area contributed by atoms with Crippen molar-refractivity contribution in [2.24, 2.45) is 0 Å². The molecule has 198 valence electrons. The van der Waals surface area contributed by atoms with Crippen molar-refractivity contribution in [3.05, 3.63) is 77.9 Å². The zero-order valence-corrected chi connectivity index (χ0v) is 21.7. The Bertz CT molecular complexity index is 1660. The monoisotopic (exact) mass is 545 g/mol. The minimum absolute atomic E-state index is 0.0101. The molecule has 0 aliphatic carbocycles. The zero-order valence-electron chi connectivity index (χ0n) is 20.9. The number of amides is 1. The second-order valence-corrected chi connectivity index (χ2v) is 9.81. The summed E-state index contributed by atoms with van der Waals surface area (Å²) in [6.07, 6.45) is 8.46. The summed E-state index contributed by atoms with van der Waals surface area (Å²) in [5.41, 5.74) is 2.86. The SMILES string of the molecule is O=C(/C=C/CN1CCCCC1)Nc1cc2c(Nc3ccc(F)c(Cl)c3)ncnc2cc1Oc1cc2ccc1o2. The van der Waals surface area contributed by atoms with E-state index in [1.165, 1.54) is 43.8 Å². The molecule has 0 spiro atoms. The number of ether oxygens (including phenoxy) is 1. The van der Waals surface area contributed by atoms with E-state index in [2.05, 4.69) is 25.5 Å². The van der Waals surface area contributed by atoms with Crippen LogP contribution in [0.4, 0.5) is 21.6 Å². The number of piperidine rings is 1. The molecule has 0 atom stereocenters. The normalized spacial score (nSPS) is 14.4. The topological polar surface area (TPSA) is 92.5 Å². The number of halogens is 2. The van der Waals surface area contributed by atoms with Gasteiger partial charge in [0.2, 0.25) is 5.91 Å². The van der Waals surface area contributed by atoms with Crippen LogP contribution in [0.25, 0.3) is 22.1 Å². The summed E-state index contributed by atoms with van der Waals surface area (Å²) in [6, 6.07) is 13.3. The van der Waals surface area contributed by atoms with Crippen molar-refractivity contribution < 1.29 is 18.3 Å². The van der Waals surface area contributed by atoms with Crippen molar-refractivity contribution in [1.29, 1.82) is 0 Å². The molecule has 5 aromatic rings. The van der Waals surface area contributed by atoms with Crippen molar-refractivity contribution >= 4 is 56.8 Å². The summed E-state index contributed by atoms with van der Waals surface area (Å²) in [5.74, 6) is 0.600. The Balaban J connectivity index is 1.31. The van der Waals surface area contributed by atoms with Crippen LogP contribution in [0.1, 0.15) is 19.3 Å². The van der Waals surface area contributed by atoms with Gasteiger partial charge in [0.05, 0.1) is 16.2 Å². The van der Waals surface area contributed by atoms with Crippen LogP contribution in [0.2, 0.25) is 5.02 Å². The van der Waals surface area contributed by atoms with Gasteiger partial charge in [0, 0.05) is 35.8 Å². The highest BCUT2D eigenvalue weighted by atomic mass is 35.5. The first-order valence-corrected chi connectivity index (χ1v) is 13.1. The molecule has 1 aliphatic rings. The fourth-order valence-electron chi connectivity index (χ4n) is 4.66. The molecule has 3 aromatic heterocycles. The molecule has 2 bridgehead atoms. The number of benzene rings is 3. The van der Waals surface area contributed by atoms with Crippen molar-refractivity contribution in [3.8, 4) is 11.5 Å². The standard InChI is InChI=1S/C29H25ClFN5O3/c30-21-13-18(6-8-22(21)31)34-29-20-15-24(35-28(37)5-4-12-36-10-2-1-3-11-36)26(16-23(20)32-17-33-29)39-27-14-19-7-9-25(27)38-19/h4-9,13-17H,1-3,10-12H2,(H,35,37)(H,32,33,34)/b5-4+. The maximum atomic E-state index is 13.7. The third-order valence-corrected chi connectivity index (χ3v) is 6.91. The van der Waals surface area contributed by atoms with Gasteiger partial charge in [-0.25, -0.2) is 14.4 Å². The third-order valence-electron chi connectivity index (χ3n) is 6.62. The van der Waals surface area contributed by atoms with E-state index in [9.17, 15) is 9.18 Å². The molecule has 1 aliphatic heterocycles. The summed E-state index contributed by atoms with van der Waals surface area (Å²) in [4.78, 5) is 24.0. The first-order chi connectivity index (χ1) is 19.0. The Hall–Kier alpha value is -4.21. The summed E-state index contributed by atoms with van der Waals surface area (Å²) in [6.45, 7) is 2.82. The Labute approximate surface area is 228 Å². The van der Waals surface area contributed by atoms with Crippen LogP contribution in [0.5, 0.6) is 11.5 Å². The molecule has 0 saturated carbocycles. The molecule has 2 aromatic carbocycles. The summed E-state index contributed by atoms with van der Waals surface area (Å²) in [5, 5.41) is 6.71. The quantitative estimate of drug-likeness (QED) is 0.200. The van der Waals surface area contributed by atoms with Crippen LogP contribution >= 0.6 is 11.6 Å².